The van der Waals surface area contributed by atoms with E-state index in [9.17, 15) is 0 Å². The van der Waals surface area contributed by atoms with Crippen LogP contribution in [0, 0.1) is 0 Å². The molecule has 0 aromatic rings. The van der Waals surface area contributed by atoms with Gasteiger partial charge in [-0.3, -0.25) is 4.90 Å². The second kappa shape index (κ2) is 8.04. The summed E-state index contributed by atoms with van der Waals surface area (Å²) < 4.78 is 5.64. The molecular formula is C13H28N2O. The van der Waals surface area contributed by atoms with Crippen LogP contribution in [0.2, 0.25) is 0 Å². The molecule has 1 saturated heterocycles. The lowest BCUT2D eigenvalue weighted by molar-refractivity contribution is 0.0878. The topological polar surface area (TPSA) is 24.5 Å². The Hall–Kier alpha value is -0.120. The highest BCUT2D eigenvalue weighted by molar-refractivity contribution is 4.78. The van der Waals surface area contributed by atoms with Gasteiger partial charge >= 0.3 is 0 Å². The van der Waals surface area contributed by atoms with E-state index in [0.717, 1.165) is 32.8 Å². The second-order valence-corrected chi connectivity index (χ2v) is 4.95. The molecule has 0 amide bonds. The molecule has 0 saturated carbocycles. The average molecular weight is 228 g/mol. The van der Waals surface area contributed by atoms with Crippen LogP contribution in [0.1, 0.15) is 40.0 Å². The fourth-order valence-corrected chi connectivity index (χ4v) is 2.16. The normalized spacial score (nSPS) is 27.9. The highest BCUT2D eigenvalue weighted by Crippen LogP contribution is 2.08. The van der Waals surface area contributed by atoms with Gasteiger partial charge in [-0.2, -0.15) is 0 Å². The smallest absolute Gasteiger partial charge is 0.0593 e. The molecule has 0 aromatic heterocycles. The van der Waals surface area contributed by atoms with Crippen molar-refractivity contribution in [3.8, 4) is 0 Å². The van der Waals surface area contributed by atoms with Crippen LogP contribution in [0.25, 0.3) is 0 Å². The van der Waals surface area contributed by atoms with E-state index in [4.69, 9.17) is 4.74 Å². The van der Waals surface area contributed by atoms with Crippen LogP contribution in [0.4, 0.5) is 0 Å². The van der Waals surface area contributed by atoms with E-state index < -0.39 is 0 Å². The van der Waals surface area contributed by atoms with Gasteiger partial charge < -0.3 is 10.1 Å². The Labute approximate surface area is 101 Å². The van der Waals surface area contributed by atoms with Gasteiger partial charge in [-0.15, -0.1) is 0 Å². The number of unbranched alkanes of at least 4 members (excludes halogenated alkanes) is 1. The van der Waals surface area contributed by atoms with Crippen molar-refractivity contribution in [3.05, 3.63) is 0 Å². The summed E-state index contributed by atoms with van der Waals surface area (Å²) in [5.74, 6) is 0. The first-order valence-corrected chi connectivity index (χ1v) is 6.79. The molecule has 0 aromatic carbocycles. The van der Waals surface area contributed by atoms with E-state index in [1.807, 2.05) is 0 Å². The number of nitrogens with zero attached hydrogens (tertiary/aromatic N) is 1. The molecule has 1 aliphatic rings. The van der Waals surface area contributed by atoms with Gasteiger partial charge in [0.25, 0.3) is 0 Å². The molecule has 16 heavy (non-hydrogen) atoms. The Bertz CT molecular complexity index is 175. The number of nitrogens with one attached hydrogen (secondary N) is 1. The van der Waals surface area contributed by atoms with Crippen LogP contribution in [0.5, 0.6) is 0 Å². The Balaban J connectivity index is 2.17. The maximum atomic E-state index is 5.64. The molecule has 2 atom stereocenters. The van der Waals surface area contributed by atoms with Crippen molar-refractivity contribution in [2.24, 2.45) is 0 Å². The molecular weight excluding hydrogens is 200 g/mol. The molecule has 1 aliphatic heterocycles. The lowest BCUT2D eigenvalue weighted by Crippen LogP contribution is -2.40. The van der Waals surface area contributed by atoms with Crippen molar-refractivity contribution in [1.82, 2.24) is 10.2 Å². The zero-order valence-electron chi connectivity index (χ0n) is 11.2. The van der Waals surface area contributed by atoms with Gasteiger partial charge in [0, 0.05) is 31.8 Å². The van der Waals surface area contributed by atoms with Crippen LogP contribution in [0.15, 0.2) is 0 Å². The van der Waals surface area contributed by atoms with E-state index in [1.54, 1.807) is 0 Å². The minimum Gasteiger partial charge on any atom is -0.380 e. The minimum absolute atomic E-state index is 0.612. The summed E-state index contributed by atoms with van der Waals surface area (Å²) in [6.45, 7) is 12.0. The summed E-state index contributed by atoms with van der Waals surface area (Å²) in [5.41, 5.74) is 0. The van der Waals surface area contributed by atoms with Crippen LogP contribution in [-0.4, -0.2) is 49.8 Å². The maximum Gasteiger partial charge on any atom is 0.0593 e. The molecule has 2 unspecified atom stereocenters. The molecule has 0 bridgehead atoms. The van der Waals surface area contributed by atoms with Crippen molar-refractivity contribution in [3.63, 3.8) is 0 Å². The predicted molar refractivity (Wildman–Crippen MR) is 68.8 cm³/mol. The van der Waals surface area contributed by atoms with Crippen molar-refractivity contribution in [2.75, 3.05) is 32.8 Å². The SMILES string of the molecule is CCCCOCCN1CC(C)NCCC1C. The number of ether oxygens (including phenoxy) is 1. The zero-order valence-corrected chi connectivity index (χ0v) is 11.2. The Kier molecular flexibility index (Phi) is 7.01. The molecule has 3 heteroatoms. The number of rotatable bonds is 6. The zero-order chi connectivity index (χ0) is 11.8. The van der Waals surface area contributed by atoms with Gasteiger partial charge in [0.15, 0.2) is 0 Å². The fraction of sp³-hybridized carbons (Fsp3) is 1.00. The van der Waals surface area contributed by atoms with E-state index in [0.29, 0.717) is 12.1 Å². The molecule has 96 valence electrons. The third kappa shape index (κ3) is 5.28. The van der Waals surface area contributed by atoms with Crippen LogP contribution in [-0.2, 0) is 4.74 Å². The fourth-order valence-electron chi connectivity index (χ4n) is 2.16. The van der Waals surface area contributed by atoms with Crippen LogP contribution in [0.3, 0.4) is 0 Å². The highest BCUT2D eigenvalue weighted by atomic mass is 16.5. The standard InChI is InChI=1S/C13H28N2O/c1-4-5-9-16-10-8-15-11-12(2)14-7-6-13(15)3/h12-14H,4-11H2,1-3H3. The number of hydrogen-bond acceptors (Lipinski definition) is 3. The van der Waals surface area contributed by atoms with E-state index in [-0.39, 0.29) is 0 Å². The van der Waals surface area contributed by atoms with Crippen LogP contribution < -0.4 is 5.32 Å². The Morgan fingerprint density at radius 3 is 2.88 bits per heavy atom. The number of hydrogen-bond donors (Lipinski definition) is 1. The third-order valence-electron chi connectivity index (χ3n) is 3.35. The van der Waals surface area contributed by atoms with Crippen molar-refractivity contribution in [2.45, 2.75) is 52.1 Å². The first kappa shape index (κ1) is 13.9. The summed E-state index contributed by atoms with van der Waals surface area (Å²) >= 11 is 0. The van der Waals surface area contributed by atoms with Crippen molar-refractivity contribution < 1.29 is 4.74 Å². The quantitative estimate of drug-likeness (QED) is 0.703. The molecule has 0 aliphatic carbocycles. The average Bonchev–Trinajstić information content (AvgIpc) is 2.41. The first-order valence-electron chi connectivity index (χ1n) is 6.79. The summed E-state index contributed by atoms with van der Waals surface area (Å²) in [6, 6.07) is 1.30. The van der Waals surface area contributed by atoms with Gasteiger partial charge in [-0.1, -0.05) is 13.3 Å². The van der Waals surface area contributed by atoms with Gasteiger partial charge in [-0.25, -0.2) is 0 Å². The van der Waals surface area contributed by atoms with Gasteiger partial charge in [-0.05, 0) is 33.2 Å². The third-order valence-corrected chi connectivity index (χ3v) is 3.35. The van der Waals surface area contributed by atoms with Crippen molar-refractivity contribution in [1.29, 1.82) is 0 Å². The van der Waals surface area contributed by atoms with Gasteiger partial charge in [0.05, 0.1) is 6.61 Å². The first-order chi connectivity index (χ1) is 7.74. The largest absolute Gasteiger partial charge is 0.380 e. The highest BCUT2D eigenvalue weighted by Gasteiger charge is 2.19. The predicted octanol–water partition coefficient (Wildman–Crippen LogP) is 1.88. The summed E-state index contributed by atoms with van der Waals surface area (Å²) in [4.78, 5) is 2.55. The van der Waals surface area contributed by atoms with E-state index in [2.05, 4.69) is 31.0 Å². The Morgan fingerprint density at radius 1 is 1.31 bits per heavy atom. The monoisotopic (exact) mass is 228 g/mol. The van der Waals surface area contributed by atoms with Crippen molar-refractivity contribution >= 4 is 0 Å². The lowest BCUT2D eigenvalue weighted by atomic mass is 10.2. The molecule has 1 heterocycles. The maximum absolute atomic E-state index is 5.64. The van der Waals surface area contributed by atoms with Gasteiger partial charge in [0.1, 0.15) is 0 Å². The molecule has 1 fully saturated rings. The molecule has 1 rings (SSSR count). The molecule has 3 nitrogen and oxygen atoms in total. The molecule has 0 radical (unpaired) electrons. The van der Waals surface area contributed by atoms with E-state index >= 15 is 0 Å². The van der Waals surface area contributed by atoms with Crippen LogP contribution >= 0.6 is 0 Å². The summed E-state index contributed by atoms with van der Waals surface area (Å²) in [7, 11) is 0. The van der Waals surface area contributed by atoms with Gasteiger partial charge in [0.2, 0.25) is 0 Å². The lowest BCUT2D eigenvalue weighted by Gasteiger charge is -2.27. The molecule has 1 N–H and O–H groups in total. The summed E-state index contributed by atoms with van der Waals surface area (Å²) in [5, 5.41) is 3.53. The summed E-state index contributed by atoms with van der Waals surface area (Å²) in [6.07, 6.45) is 3.66. The minimum atomic E-state index is 0.612. The second-order valence-electron chi connectivity index (χ2n) is 4.95. The van der Waals surface area contributed by atoms with E-state index in [1.165, 1.54) is 19.3 Å². The molecule has 0 spiro atoms. The Morgan fingerprint density at radius 2 is 2.12 bits per heavy atom.